The third-order valence-corrected chi connectivity index (χ3v) is 0.714. The summed E-state index contributed by atoms with van der Waals surface area (Å²) in [6.45, 7) is 6.34. The number of hydrogen-bond acceptors (Lipinski definition) is 3. The fourth-order valence-corrected chi connectivity index (χ4v) is 0.309. The summed E-state index contributed by atoms with van der Waals surface area (Å²) in [5, 5.41) is 5.90. The Balaban J connectivity index is 3.11. The number of nitrogens with one attached hydrogen (secondary N) is 2. The lowest BCUT2D eigenvalue weighted by molar-refractivity contribution is 0.745. The van der Waals surface area contributed by atoms with Crippen molar-refractivity contribution < 1.29 is 0 Å². The molecule has 0 rings (SSSR count). The van der Waals surface area contributed by atoms with Gasteiger partial charge in [0.15, 0.2) is 0 Å². The molecule has 0 atom stereocenters. The molecule has 8 heavy (non-hydrogen) atoms. The van der Waals surface area contributed by atoms with E-state index < -0.39 is 0 Å². The van der Waals surface area contributed by atoms with Crippen molar-refractivity contribution >= 4 is 0 Å². The Hall–Kier alpha value is -0.860. The zero-order valence-electron chi connectivity index (χ0n) is 5.07. The molecule has 0 fully saturated rings. The van der Waals surface area contributed by atoms with Gasteiger partial charge in [-0.05, 0) is 6.42 Å². The van der Waals surface area contributed by atoms with E-state index in [4.69, 9.17) is 5.53 Å². The first-order valence-electron chi connectivity index (χ1n) is 2.61. The monoisotopic (exact) mass is 113 g/mol. The van der Waals surface area contributed by atoms with Crippen molar-refractivity contribution in [3.05, 3.63) is 12.4 Å². The van der Waals surface area contributed by atoms with Crippen LogP contribution in [0.4, 0.5) is 0 Å². The standard InChI is InChI=1S/C5H11N3/c1-3-4-7-5(2)8-6/h6-7H,2-4H2,1H3. The molecule has 0 aliphatic heterocycles. The first kappa shape index (κ1) is 7.14. The predicted molar refractivity (Wildman–Crippen MR) is 32.6 cm³/mol. The van der Waals surface area contributed by atoms with Gasteiger partial charge in [0.1, 0.15) is 5.82 Å². The van der Waals surface area contributed by atoms with Gasteiger partial charge in [0.25, 0.3) is 0 Å². The topological polar surface area (TPSA) is 48.2 Å². The van der Waals surface area contributed by atoms with Crippen molar-refractivity contribution in [1.82, 2.24) is 5.32 Å². The average molecular weight is 113 g/mol. The minimum absolute atomic E-state index is 0.437. The van der Waals surface area contributed by atoms with Crippen molar-refractivity contribution in [2.24, 2.45) is 5.11 Å². The Morgan fingerprint density at radius 3 is 2.88 bits per heavy atom. The average Bonchev–Trinajstić information content (AvgIpc) is 1.83. The fourth-order valence-electron chi connectivity index (χ4n) is 0.309. The summed E-state index contributed by atoms with van der Waals surface area (Å²) in [5.41, 5.74) is 6.45. The zero-order valence-corrected chi connectivity index (χ0v) is 5.07. The predicted octanol–water partition coefficient (Wildman–Crippen LogP) is 1.49. The molecule has 0 aromatic carbocycles. The van der Waals surface area contributed by atoms with Crippen molar-refractivity contribution in [2.45, 2.75) is 13.3 Å². The van der Waals surface area contributed by atoms with Crippen LogP contribution in [0.1, 0.15) is 13.3 Å². The molecule has 0 aliphatic rings. The van der Waals surface area contributed by atoms with Gasteiger partial charge in [-0.25, -0.2) is 5.53 Å². The summed E-state index contributed by atoms with van der Waals surface area (Å²) < 4.78 is 0. The highest BCUT2D eigenvalue weighted by atomic mass is 15.1. The number of rotatable bonds is 4. The normalized spacial score (nSPS) is 8.12. The molecule has 0 saturated carbocycles. The fraction of sp³-hybridized carbons (Fsp3) is 0.600. The molecule has 0 aliphatic carbocycles. The third-order valence-electron chi connectivity index (χ3n) is 0.714. The van der Waals surface area contributed by atoms with E-state index >= 15 is 0 Å². The van der Waals surface area contributed by atoms with E-state index in [1.165, 1.54) is 0 Å². The summed E-state index contributed by atoms with van der Waals surface area (Å²) >= 11 is 0. The third kappa shape index (κ3) is 3.33. The van der Waals surface area contributed by atoms with Crippen LogP contribution in [0.25, 0.3) is 0 Å². The van der Waals surface area contributed by atoms with Crippen molar-refractivity contribution in [1.29, 1.82) is 5.53 Å². The molecular formula is C5H11N3. The summed E-state index contributed by atoms with van der Waals surface area (Å²) in [6, 6.07) is 0. The van der Waals surface area contributed by atoms with Gasteiger partial charge in [-0.15, -0.1) is 5.11 Å². The van der Waals surface area contributed by atoms with E-state index in [0.29, 0.717) is 5.82 Å². The molecule has 0 amide bonds. The van der Waals surface area contributed by atoms with Gasteiger partial charge < -0.3 is 5.32 Å². The van der Waals surface area contributed by atoms with Crippen LogP contribution in [-0.2, 0) is 0 Å². The van der Waals surface area contributed by atoms with Crippen LogP contribution in [0.3, 0.4) is 0 Å². The molecule has 0 spiro atoms. The molecule has 3 heteroatoms. The molecule has 0 bridgehead atoms. The minimum atomic E-state index is 0.437. The highest BCUT2D eigenvalue weighted by Crippen LogP contribution is 1.82. The highest BCUT2D eigenvalue weighted by Gasteiger charge is 1.82. The smallest absolute Gasteiger partial charge is 0.140 e. The molecule has 0 saturated heterocycles. The molecule has 0 unspecified atom stereocenters. The Morgan fingerprint density at radius 1 is 1.88 bits per heavy atom. The largest absolute Gasteiger partial charge is 0.369 e. The van der Waals surface area contributed by atoms with Crippen LogP contribution in [0, 0.1) is 5.53 Å². The summed E-state index contributed by atoms with van der Waals surface area (Å²) in [5.74, 6) is 0.437. The van der Waals surface area contributed by atoms with Gasteiger partial charge in [0, 0.05) is 6.54 Å². The lowest BCUT2D eigenvalue weighted by atomic mass is 10.5. The van der Waals surface area contributed by atoms with Crippen LogP contribution in [0.15, 0.2) is 17.5 Å². The minimum Gasteiger partial charge on any atom is -0.369 e. The maximum Gasteiger partial charge on any atom is 0.140 e. The van der Waals surface area contributed by atoms with Crippen LogP contribution in [0.5, 0.6) is 0 Å². The van der Waals surface area contributed by atoms with Crippen LogP contribution in [0.2, 0.25) is 0 Å². The quantitative estimate of drug-likeness (QED) is 0.533. The van der Waals surface area contributed by atoms with Gasteiger partial charge >= 0.3 is 0 Å². The Kier molecular flexibility index (Phi) is 3.84. The highest BCUT2D eigenvalue weighted by molar-refractivity contribution is 4.84. The molecule has 0 radical (unpaired) electrons. The van der Waals surface area contributed by atoms with Gasteiger partial charge in [0.2, 0.25) is 0 Å². The van der Waals surface area contributed by atoms with Gasteiger partial charge in [-0.2, -0.15) is 0 Å². The lowest BCUT2D eigenvalue weighted by Crippen LogP contribution is -2.10. The Morgan fingerprint density at radius 2 is 2.50 bits per heavy atom. The van der Waals surface area contributed by atoms with Crippen LogP contribution >= 0.6 is 0 Å². The van der Waals surface area contributed by atoms with Crippen molar-refractivity contribution in [2.75, 3.05) is 6.54 Å². The Labute approximate surface area is 49.3 Å². The molecule has 0 aromatic heterocycles. The maximum absolute atomic E-state index is 6.45. The number of nitrogens with zero attached hydrogens (tertiary/aromatic N) is 1. The first-order valence-corrected chi connectivity index (χ1v) is 2.61. The summed E-state index contributed by atoms with van der Waals surface area (Å²) in [4.78, 5) is 0. The zero-order chi connectivity index (χ0) is 6.41. The molecular weight excluding hydrogens is 102 g/mol. The first-order chi connectivity index (χ1) is 3.81. The van der Waals surface area contributed by atoms with Gasteiger partial charge in [-0.1, -0.05) is 13.5 Å². The van der Waals surface area contributed by atoms with E-state index in [0.717, 1.165) is 13.0 Å². The van der Waals surface area contributed by atoms with Crippen molar-refractivity contribution in [3.63, 3.8) is 0 Å². The van der Waals surface area contributed by atoms with Crippen LogP contribution in [-0.4, -0.2) is 6.54 Å². The lowest BCUT2D eigenvalue weighted by Gasteiger charge is -1.97. The van der Waals surface area contributed by atoms with Gasteiger partial charge in [-0.3, -0.25) is 0 Å². The van der Waals surface area contributed by atoms with E-state index in [2.05, 4.69) is 17.0 Å². The second-order valence-corrected chi connectivity index (χ2v) is 1.49. The molecule has 3 nitrogen and oxygen atoms in total. The van der Waals surface area contributed by atoms with E-state index in [1.54, 1.807) is 0 Å². The summed E-state index contributed by atoms with van der Waals surface area (Å²) in [6.07, 6.45) is 1.04. The Bertz CT molecular complexity index is 87.7. The van der Waals surface area contributed by atoms with E-state index in [-0.39, 0.29) is 0 Å². The molecule has 2 N–H and O–H groups in total. The SMILES string of the molecule is C=C(N=N)NCCC. The van der Waals surface area contributed by atoms with Crippen molar-refractivity contribution in [3.8, 4) is 0 Å². The van der Waals surface area contributed by atoms with Crippen LogP contribution < -0.4 is 5.32 Å². The maximum atomic E-state index is 6.45. The molecule has 46 valence electrons. The van der Waals surface area contributed by atoms with Gasteiger partial charge in [0.05, 0.1) is 0 Å². The van der Waals surface area contributed by atoms with E-state index in [9.17, 15) is 0 Å². The second kappa shape index (κ2) is 4.30. The number of hydrogen-bond donors (Lipinski definition) is 2. The molecule has 0 heterocycles. The second-order valence-electron chi connectivity index (χ2n) is 1.49. The van der Waals surface area contributed by atoms with E-state index in [1.807, 2.05) is 6.92 Å². The molecule has 0 aromatic rings. The summed E-state index contributed by atoms with van der Waals surface area (Å²) in [7, 11) is 0.